The summed E-state index contributed by atoms with van der Waals surface area (Å²) in [5.41, 5.74) is 8.53. The molecule has 0 fully saturated rings. The minimum Gasteiger partial charge on any atom is -0.397 e. The summed E-state index contributed by atoms with van der Waals surface area (Å²) in [5.74, 6) is 0.851. The summed E-state index contributed by atoms with van der Waals surface area (Å²) in [6, 6.07) is 3.85. The summed E-state index contributed by atoms with van der Waals surface area (Å²) < 4.78 is 0. The Bertz CT molecular complexity index is 641. The van der Waals surface area contributed by atoms with Crippen LogP contribution in [-0.4, -0.2) is 31.9 Å². The molecule has 92 valence electrons. The summed E-state index contributed by atoms with van der Waals surface area (Å²) in [6.07, 6.45) is 4.02. The Morgan fingerprint density at radius 2 is 2.17 bits per heavy atom. The molecule has 0 spiro atoms. The van der Waals surface area contributed by atoms with Gasteiger partial charge in [0.15, 0.2) is 0 Å². The average molecular weight is 243 g/mol. The van der Waals surface area contributed by atoms with Crippen LogP contribution in [0.5, 0.6) is 0 Å². The second-order valence-corrected chi connectivity index (χ2v) is 4.01. The molecule has 0 aliphatic heterocycles. The Kier molecular flexibility index (Phi) is 2.56. The van der Waals surface area contributed by atoms with Crippen LogP contribution in [0.3, 0.4) is 0 Å². The number of nitrogen functional groups attached to an aromatic ring is 1. The summed E-state index contributed by atoms with van der Waals surface area (Å²) in [4.78, 5) is 4.06. The van der Waals surface area contributed by atoms with E-state index in [4.69, 9.17) is 5.73 Å². The zero-order valence-electron chi connectivity index (χ0n) is 9.64. The van der Waals surface area contributed by atoms with Gasteiger partial charge < -0.3 is 11.1 Å². The topological polar surface area (TPSA) is 108 Å². The number of hydrogen-bond donors (Lipinski definition) is 4. The monoisotopic (exact) mass is 243 g/mol. The first-order chi connectivity index (χ1) is 8.83. The van der Waals surface area contributed by atoms with Crippen molar-refractivity contribution in [2.24, 2.45) is 0 Å². The normalized spacial score (nSPS) is 10.9. The molecule has 7 heteroatoms. The molecule has 0 radical (unpaired) electrons. The van der Waals surface area contributed by atoms with Gasteiger partial charge in [-0.25, -0.2) is 4.98 Å². The minimum atomic E-state index is 0.710. The molecule has 0 saturated carbocycles. The second-order valence-electron chi connectivity index (χ2n) is 4.01. The number of nitrogens with two attached hydrogens (primary N) is 1. The van der Waals surface area contributed by atoms with Crippen LogP contribution in [0.2, 0.25) is 0 Å². The lowest BCUT2D eigenvalue weighted by atomic mass is 10.2. The molecule has 0 aliphatic carbocycles. The minimum absolute atomic E-state index is 0.710. The third-order valence-corrected chi connectivity index (χ3v) is 2.75. The van der Waals surface area contributed by atoms with Gasteiger partial charge in [0.25, 0.3) is 0 Å². The fraction of sp³-hybridized carbons (Fsp3) is 0.182. The Morgan fingerprint density at radius 1 is 1.22 bits per heavy atom. The van der Waals surface area contributed by atoms with Crippen molar-refractivity contribution in [2.45, 2.75) is 6.42 Å². The van der Waals surface area contributed by atoms with Crippen LogP contribution >= 0.6 is 0 Å². The molecule has 3 rings (SSSR count). The molecule has 18 heavy (non-hydrogen) atoms. The van der Waals surface area contributed by atoms with Crippen LogP contribution in [-0.2, 0) is 6.42 Å². The number of hydrogen-bond acceptors (Lipinski definition) is 5. The molecule has 5 N–H and O–H groups in total. The fourth-order valence-corrected chi connectivity index (χ4v) is 1.83. The standard InChI is InChI=1S/C11H13N7/c12-8-3-7-5-15-17-9(7)4-10(8)13-2-1-11-14-6-16-18-11/h3-6,13H,1-2,12H2,(H,15,17)(H,14,16,18). The van der Waals surface area contributed by atoms with Crippen molar-refractivity contribution in [2.75, 3.05) is 17.6 Å². The Labute approximate surface area is 103 Å². The second kappa shape index (κ2) is 4.36. The maximum Gasteiger partial charge on any atom is 0.137 e. The van der Waals surface area contributed by atoms with E-state index in [1.165, 1.54) is 6.33 Å². The number of rotatable bonds is 4. The average Bonchev–Trinajstić information content (AvgIpc) is 3.00. The van der Waals surface area contributed by atoms with Gasteiger partial charge in [-0.15, -0.1) is 0 Å². The van der Waals surface area contributed by atoms with Gasteiger partial charge in [-0.3, -0.25) is 10.2 Å². The number of benzene rings is 1. The van der Waals surface area contributed by atoms with Crippen LogP contribution < -0.4 is 11.1 Å². The Morgan fingerprint density at radius 3 is 3.00 bits per heavy atom. The van der Waals surface area contributed by atoms with Crippen molar-refractivity contribution in [3.05, 3.63) is 30.5 Å². The van der Waals surface area contributed by atoms with Crippen molar-refractivity contribution >= 4 is 22.3 Å². The van der Waals surface area contributed by atoms with E-state index >= 15 is 0 Å². The molecule has 2 aromatic heterocycles. The van der Waals surface area contributed by atoms with Crippen LogP contribution in [0, 0.1) is 0 Å². The third-order valence-electron chi connectivity index (χ3n) is 2.75. The predicted molar refractivity (Wildman–Crippen MR) is 69.1 cm³/mol. The zero-order valence-corrected chi connectivity index (χ0v) is 9.64. The van der Waals surface area contributed by atoms with E-state index in [1.807, 2.05) is 12.1 Å². The summed E-state index contributed by atoms with van der Waals surface area (Å²) >= 11 is 0. The highest BCUT2D eigenvalue weighted by atomic mass is 15.2. The van der Waals surface area contributed by atoms with E-state index in [-0.39, 0.29) is 0 Å². The maximum atomic E-state index is 5.97. The van der Waals surface area contributed by atoms with E-state index in [0.29, 0.717) is 5.69 Å². The highest BCUT2D eigenvalue weighted by Crippen LogP contribution is 2.24. The molecular weight excluding hydrogens is 230 g/mol. The predicted octanol–water partition coefficient (Wildman–Crippen LogP) is 0.918. The van der Waals surface area contributed by atoms with Crippen molar-refractivity contribution in [1.82, 2.24) is 25.4 Å². The van der Waals surface area contributed by atoms with Crippen LogP contribution in [0.15, 0.2) is 24.7 Å². The maximum absolute atomic E-state index is 5.97. The highest BCUT2D eigenvalue weighted by molar-refractivity contribution is 5.88. The number of nitrogens with one attached hydrogen (secondary N) is 3. The van der Waals surface area contributed by atoms with E-state index in [2.05, 4.69) is 30.7 Å². The van der Waals surface area contributed by atoms with E-state index in [0.717, 1.165) is 35.4 Å². The quantitative estimate of drug-likeness (QED) is 0.509. The molecular formula is C11H13N7. The smallest absolute Gasteiger partial charge is 0.137 e. The lowest BCUT2D eigenvalue weighted by molar-refractivity contribution is 0.901. The number of aromatic nitrogens is 5. The van der Waals surface area contributed by atoms with E-state index in [9.17, 15) is 0 Å². The van der Waals surface area contributed by atoms with Gasteiger partial charge in [-0.2, -0.15) is 10.2 Å². The first-order valence-corrected chi connectivity index (χ1v) is 5.63. The van der Waals surface area contributed by atoms with Gasteiger partial charge in [0.2, 0.25) is 0 Å². The number of anilines is 2. The van der Waals surface area contributed by atoms with Crippen molar-refractivity contribution in [1.29, 1.82) is 0 Å². The summed E-state index contributed by atoms with van der Waals surface area (Å²) in [6.45, 7) is 0.735. The number of fused-ring (bicyclic) bond motifs is 1. The lowest BCUT2D eigenvalue weighted by Crippen LogP contribution is -2.07. The summed E-state index contributed by atoms with van der Waals surface area (Å²) in [7, 11) is 0. The molecule has 0 amide bonds. The van der Waals surface area contributed by atoms with Gasteiger partial charge in [-0.05, 0) is 12.1 Å². The van der Waals surface area contributed by atoms with Gasteiger partial charge in [-0.1, -0.05) is 0 Å². The first-order valence-electron chi connectivity index (χ1n) is 5.63. The lowest BCUT2D eigenvalue weighted by Gasteiger charge is -2.08. The molecule has 7 nitrogen and oxygen atoms in total. The van der Waals surface area contributed by atoms with Gasteiger partial charge in [0.05, 0.1) is 23.1 Å². The first kappa shape index (κ1) is 10.6. The highest BCUT2D eigenvalue weighted by Gasteiger charge is 2.03. The van der Waals surface area contributed by atoms with Gasteiger partial charge in [0, 0.05) is 18.4 Å². The van der Waals surface area contributed by atoms with Crippen molar-refractivity contribution < 1.29 is 0 Å². The molecule has 3 aromatic rings. The largest absolute Gasteiger partial charge is 0.397 e. The van der Waals surface area contributed by atoms with Crippen LogP contribution in [0.4, 0.5) is 11.4 Å². The number of H-pyrrole nitrogens is 2. The SMILES string of the molecule is Nc1cc2cn[nH]c2cc1NCCc1ncn[nH]1. The number of aromatic amines is 2. The molecule has 1 aromatic carbocycles. The number of nitrogens with zero attached hydrogens (tertiary/aromatic N) is 3. The van der Waals surface area contributed by atoms with E-state index < -0.39 is 0 Å². The fourth-order valence-electron chi connectivity index (χ4n) is 1.83. The molecule has 2 heterocycles. The molecule has 0 bridgehead atoms. The third kappa shape index (κ3) is 1.97. The van der Waals surface area contributed by atoms with Crippen molar-refractivity contribution in [3.8, 4) is 0 Å². The Balaban J connectivity index is 1.71. The van der Waals surface area contributed by atoms with Crippen molar-refractivity contribution in [3.63, 3.8) is 0 Å². The van der Waals surface area contributed by atoms with Crippen LogP contribution in [0.25, 0.3) is 10.9 Å². The van der Waals surface area contributed by atoms with Crippen LogP contribution in [0.1, 0.15) is 5.82 Å². The molecule has 0 atom stereocenters. The summed E-state index contributed by atoms with van der Waals surface area (Å²) in [5, 5.41) is 17.8. The molecule has 0 saturated heterocycles. The molecule has 0 unspecified atom stereocenters. The van der Waals surface area contributed by atoms with Gasteiger partial charge >= 0.3 is 0 Å². The molecule has 0 aliphatic rings. The zero-order chi connectivity index (χ0) is 12.4. The Hall–Kier alpha value is -2.57. The van der Waals surface area contributed by atoms with E-state index in [1.54, 1.807) is 6.20 Å². The van der Waals surface area contributed by atoms with Gasteiger partial charge in [0.1, 0.15) is 12.2 Å².